The first-order chi connectivity index (χ1) is 16.7. The van der Waals surface area contributed by atoms with Crippen LogP contribution in [0.25, 0.3) is 0 Å². The van der Waals surface area contributed by atoms with E-state index in [1.54, 1.807) is 30.3 Å². The standard InChI is InChI=1S/C21H28N3O10P/c1-14(20(27)31-11-10-30-2)23-35(29,34-15-6-4-3-5-7-15)32-13-17-16(25)12-19(33-17)24-9-8-18(26)22-21(24)28/h3-9,14,16-17,19,25H,10-13H2,1-2H3,(H,23,29)(H,22,26,28)/t14-,16+,17-,19-,35-/m0/s1. The molecule has 14 heteroatoms. The van der Waals surface area contributed by atoms with Crippen molar-refractivity contribution in [3.8, 4) is 5.75 Å². The lowest BCUT2D eigenvalue weighted by molar-refractivity contribution is -0.146. The van der Waals surface area contributed by atoms with Crippen LogP contribution in [-0.4, -0.2) is 65.8 Å². The lowest BCUT2D eigenvalue weighted by Crippen LogP contribution is -2.37. The van der Waals surface area contributed by atoms with Crippen molar-refractivity contribution in [2.75, 3.05) is 26.9 Å². The van der Waals surface area contributed by atoms with Crippen LogP contribution < -0.4 is 20.9 Å². The average Bonchev–Trinajstić information content (AvgIpc) is 3.18. The number of carbonyl (C=O) groups is 1. The Morgan fingerprint density at radius 2 is 2.03 bits per heavy atom. The zero-order valence-electron chi connectivity index (χ0n) is 19.2. The van der Waals surface area contributed by atoms with Gasteiger partial charge in [-0.3, -0.25) is 23.7 Å². The molecule has 0 aliphatic carbocycles. The maximum atomic E-state index is 13.5. The van der Waals surface area contributed by atoms with Gasteiger partial charge in [0.05, 0.1) is 19.3 Å². The van der Waals surface area contributed by atoms with E-state index in [9.17, 15) is 24.1 Å². The molecular weight excluding hydrogens is 485 g/mol. The highest BCUT2D eigenvalue weighted by atomic mass is 31.2. The third-order valence-electron chi connectivity index (χ3n) is 4.98. The fraction of sp³-hybridized carbons (Fsp3) is 0.476. The molecule has 0 radical (unpaired) electrons. The van der Waals surface area contributed by atoms with Crippen LogP contribution in [-0.2, 0) is 28.1 Å². The van der Waals surface area contributed by atoms with Crippen LogP contribution >= 0.6 is 7.75 Å². The number of hydrogen-bond acceptors (Lipinski definition) is 10. The lowest BCUT2D eigenvalue weighted by atomic mass is 10.2. The average molecular weight is 513 g/mol. The van der Waals surface area contributed by atoms with E-state index >= 15 is 0 Å². The Kier molecular flexibility index (Phi) is 9.38. The Labute approximate surface area is 200 Å². The minimum atomic E-state index is -4.17. The molecule has 0 saturated carbocycles. The molecule has 1 aliphatic heterocycles. The number of nitrogens with zero attached hydrogens (tertiary/aromatic N) is 1. The van der Waals surface area contributed by atoms with Crippen molar-refractivity contribution in [3.63, 3.8) is 0 Å². The van der Waals surface area contributed by atoms with Gasteiger partial charge in [0, 0.05) is 25.8 Å². The maximum absolute atomic E-state index is 13.5. The summed E-state index contributed by atoms with van der Waals surface area (Å²) in [6.07, 6.45) is -1.64. The van der Waals surface area contributed by atoms with Crippen LogP contribution in [0.5, 0.6) is 5.75 Å². The Bertz CT molecular complexity index is 1140. The second-order valence-corrected chi connectivity index (χ2v) is 9.35. The Morgan fingerprint density at radius 1 is 1.29 bits per heavy atom. The van der Waals surface area contributed by atoms with Crippen molar-refractivity contribution in [3.05, 3.63) is 63.4 Å². The summed E-state index contributed by atoms with van der Waals surface area (Å²) >= 11 is 0. The summed E-state index contributed by atoms with van der Waals surface area (Å²) in [6, 6.07) is 8.26. The number of para-hydroxylation sites is 1. The first-order valence-corrected chi connectivity index (χ1v) is 12.3. The zero-order valence-corrected chi connectivity index (χ0v) is 20.1. The molecule has 0 spiro atoms. The van der Waals surface area contributed by atoms with Crippen molar-refractivity contribution in [2.24, 2.45) is 0 Å². The molecule has 5 atom stereocenters. The number of rotatable bonds is 12. The van der Waals surface area contributed by atoms with Crippen LogP contribution in [0.2, 0.25) is 0 Å². The second-order valence-electron chi connectivity index (χ2n) is 7.66. The van der Waals surface area contributed by atoms with Gasteiger partial charge in [0.25, 0.3) is 5.56 Å². The summed E-state index contributed by atoms with van der Waals surface area (Å²) < 4.78 is 41.3. The molecule has 2 aromatic rings. The van der Waals surface area contributed by atoms with E-state index in [1.807, 2.05) is 0 Å². The third kappa shape index (κ3) is 7.59. The number of benzene rings is 1. The minimum Gasteiger partial charge on any atom is -0.462 e. The van der Waals surface area contributed by atoms with Gasteiger partial charge in [-0.15, -0.1) is 0 Å². The summed E-state index contributed by atoms with van der Waals surface area (Å²) in [5.74, 6) is -0.481. The minimum absolute atomic E-state index is 0.0136. The molecule has 0 bridgehead atoms. The predicted molar refractivity (Wildman–Crippen MR) is 122 cm³/mol. The molecule has 13 nitrogen and oxygen atoms in total. The van der Waals surface area contributed by atoms with Gasteiger partial charge in [-0.25, -0.2) is 9.36 Å². The molecule has 1 saturated heterocycles. The largest absolute Gasteiger partial charge is 0.462 e. The van der Waals surface area contributed by atoms with Crippen molar-refractivity contribution >= 4 is 13.7 Å². The molecule has 1 aromatic heterocycles. The van der Waals surface area contributed by atoms with E-state index in [2.05, 4.69) is 10.1 Å². The van der Waals surface area contributed by atoms with Crippen molar-refractivity contribution in [2.45, 2.75) is 37.8 Å². The van der Waals surface area contributed by atoms with Gasteiger partial charge < -0.3 is 23.8 Å². The SMILES string of the molecule is COCCOC(=O)[C@H](C)N[P@](=O)(OC[C@@H]1O[C@H](n2ccc(=O)[nH]c2=O)C[C@H]1O)Oc1ccccc1. The number of aromatic nitrogens is 2. The summed E-state index contributed by atoms with van der Waals surface area (Å²) in [6.45, 7) is 1.25. The molecule has 2 heterocycles. The number of esters is 1. The van der Waals surface area contributed by atoms with Crippen LogP contribution in [0.15, 0.2) is 52.2 Å². The number of methoxy groups -OCH3 is 1. The molecule has 0 amide bonds. The van der Waals surface area contributed by atoms with Crippen LogP contribution in [0.1, 0.15) is 19.6 Å². The first-order valence-electron chi connectivity index (χ1n) is 10.8. The molecule has 1 aliphatic rings. The monoisotopic (exact) mass is 513 g/mol. The van der Waals surface area contributed by atoms with Gasteiger partial charge in [0.1, 0.15) is 30.7 Å². The predicted octanol–water partition coefficient (Wildman–Crippen LogP) is 0.556. The maximum Gasteiger partial charge on any atom is 0.459 e. The highest BCUT2D eigenvalue weighted by Crippen LogP contribution is 2.45. The number of hydrogen-bond donors (Lipinski definition) is 3. The van der Waals surface area contributed by atoms with Crippen molar-refractivity contribution in [1.29, 1.82) is 0 Å². The van der Waals surface area contributed by atoms with Gasteiger partial charge in [0.2, 0.25) is 0 Å². The number of aromatic amines is 1. The quantitative estimate of drug-likeness (QED) is 0.206. The highest BCUT2D eigenvalue weighted by Gasteiger charge is 2.39. The zero-order chi connectivity index (χ0) is 25.4. The van der Waals surface area contributed by atoms with Crippen LogP contribution in [0.4, 0.5) is 0 Å². The van der Waals surface area contributed by atoms with Gasteiger partial charge in [0.15, 0.2) is 0 Å². The number of carbonyl (C=O) groups excluding carboxylic acids is 1. The number of nitrogens with one attached hydrogen (secondary N) is 2. The Balaban J connectivity index is 1.68. The number of ether oxygens (including phenoxy) is 3. The molecular formula is C21H28N3O10P. The molecule has 3 rings (SSSR count). The Morgan fingerprint density at radius 3 is 2.71 bits per heavy atom. The van der Waals surface area contributed by atoms with Gasteiger partial charge in [-0.2, -0.15) is 5.09 Å². The highest BCUT2D eigenvalue weighted by molar-refractivity contribution is 7.52. The summed E-state index contributed by atoms with van der Waals surface area (Å²) in [5, 5.41) is 12.9. The van der Waals surface area contributed by atoms with Crippen LogP contribution in [0, 0.1) is 0 Å². The fourth-order valence-corrected chi connectivity index (χ4v) is 4.71. The summed E-state index contributed by atoms with van der Waals surface area (Å²) in [5.41, 5.74) is -1.26. The smallest absolute Gasteiger partial charge is 0.459 e. The van der Waals surface area contributed by atoms with E-state index in [0.29, 0.717) is 0 Å². The lowest BCUT2D eigenvalue weighted by Gasteiger charge is -2.24. The van der Waals surface area contributed by atoms with E-state index < -0.39 is 56.0 Å². The van der Waals surface area contributed by atoms with Gasteiger partial charge in [-0.1, -0.05) is 18.2 Å². The summed E-state index contributed by atoms with van der Waals surface area (Å²) in [7, 11) is -2.71. The van der Waals surface area contributed by atoms with E-state index in [1.165, 1.54) is 20.2 Å². The topological polar surface area (TPSA) is 167 Å². The second kappa shape index (κ2) is 12.2. The molecule has 1 aromatic carbocycles. The first kappa shape index (κ1) is 26.8. The van der Waals surface area contributed by atoms with Crippen molar-refractivity contribution < 1.29 is 37.7 Å². The molecule has 35 heavy (non-hydrogen) atoms. The molecule has 3 N–H and O–H groups in total. The number of aliphatic hydroxyl groups is 1. The normalized spacial score (nSPS) is 22.3. The Hall–Kier alpha value is -2.80. The number of H-pyrrole nitrogens is 1. The van der Waals surface area contributed by atoms with Crippen LogP contribution in [0.3, 0.4) is 0 Å². The van der Waals surface area contributed by atoms with E-state index in [4.69, 9.17) is 23.3 Å². The van der Waals surface area contributed by atoms with Crippen molar-refractivity contribution in [1.82, 2.24) is 14.6 Å². The molecule has 0 unspecified atom stereocenters. The molecule has 1 fully saturated rings. The van der Waals surface area contributed by atoms with E-state index in [0.717, 1.165) is 10.6 Å². The third-order valence-corrected chi connectivity index (χ3v) is 6.62. The molecule has 192 valence electrons. The fourth-order valence-electron chi connectivity index (χ4n) is 3.21. The summed E-state index contributed by atoms with van der Waals surface area (Å²) in [4.78, 5) is 37.7. The number of aliphatic hydroxyl groups excluding tert-OH is 1. The van der Waals surface area contributed by atoms with Gasteiger partial charge >= 0.3 is 19.4 Å². The van der Waals surface area contributed by atoms with E-state index in [-0.39, 0.29) is 25.4 Å². The van der Waals surface area contributed by atoms with Gasteiger partial charge in [-0.05, 0) is 19.1 Å².